The van der Waals surface area contributed by atoms with Gasteiger partial charge in [-0.15, -0.1) is 0 Å². The maximum Gasteiger partial charge on any atom is 0.322 e. The first kappa shape index (κ1) is 27.9. The average Bonchev–Trinajstić information content (AvgIpc) is 3.42. The molecule has 0 aromatic heterocycles. The molecular weight excluding hydrogens is 406 g/mol. The molecule has 0 aromatic rings. The molecule has 0 bridgehead atoms. The summed E-state index contributed by atoms with van der Waals surface area (Å²) >= 11 is 1.44. The van der Waals surface area contributed by atoms with Crippen LogP contribution in [0.4, 0.5) is 0 Å². The third-order valence-corrected chi connectivity index (χ3v) is 7.46. The Morgan fingerprint density at radius 3 is 2.14 bits per heavy atom. The van der Waals surface area contributed by atoms with E-state index >= 15 is 0 Å². The second-order valence-electron chi connectivity index (χ2n) is 7.75. The van der Waals surface area contributed by atoms with Gasteiger partial charge in [0.25, 0.3) is 0 Å². The summed E-state index contributed by atoms with van der Waals surface area (Å²) in [4.78, 5) is 11.3. The molecule has 0 heterocycles. The standard InChI is InChI=1S/C21H35NO4S2.CH4/c1-16(2)7-5-8-17(3)9-6-10-18(4)13-14-27-15-20(21(23)24)22-28(25,26)19-11-12-19;/h7,9,13,19-20,22H,5-6,8,10-12,14-15H2,1-4H3,(H,23,24);1H4/b17-9+,18-13+;/t20-;/m0./s1. The van der Waals surface area contributed by atoms with Crippen LogP contribution < -0.4 is 4.72 Å². The molecule has 0 amide bonds. The molecule has 1 aliphatic carbocycles. The van der Waals surface area contributed by atoms with E-state index in [1.807, 2.05) is 0 Å². The van der Waals surface area contributed by atoms with Gasteiger partial charge in [-0.3, -0.25) is 4.79 Å². The molecule has 0 unspecified atom stereocenters. The molecule has 0 aromatic carbocycles. The first-order valence-electron chi connectivity index (χ1n) is 9.88. The van der Waals surface area contributed by atoms with Crippen molar-refractivity contribution in [2.45, 2.75) is 84.9 Å². The fourth-order valence-corrected chi connectivity index (χ4v) is 5.19. The molecule has 168 valence electrons. The number of sulfonamides is 1. The van der Waals surface area contributed by atoms with Gasteiger partial charge in [-0.2, -0.15) is 16.5 Å². The zero-order valence-corrected chi connectivity index (χ0v) is 19.2. The zero-order valence-electron chi connectivity index (χ0n) is 17.5. The van der Waals surface area contributed by atoms with Gasteiger partial charge in [0.2, 0.25) is 10.0 Å². The molecule has 0 spiro atoms. The van der Waals surface area contributed by atoms with Crippen molar-refractivity contribution < 1.29 is 18.3 Å². The second-order valence-corrected chi connectivity index (χ2v) is 10.8. The van der Waals surface area contributed by atoms with Crippen molar-refractivity contribution in [3.05, 3.63) is 34.9 Å². The van der Waals surface area contributed by atoms with Gasteiger partial charge in [-0.25, -0.2) is 8.42 Å². The van der Waals surface area contributed by atoms with E-state index in [1.54, 1.807) is 0 Å². The lowest BCUT2D eigenvalue weighted by Crippen LogP contribution is -2.44. The molecule has 2 N–H and O–H groups in total. The van der Waals surface area contributed by atoms with E-state index in [2.05, 4.69) is 50.6 Å². The number of rotatable bonds is 14. The molecular formula is C22H39NO4S2. The summed E-state index contributed by atoms with van der Waals surface area (Å²) in [5.41, 5.74) is 4.03. The van der Waals surface area contributed by atoms with Gasteiger partial charge in [0.1, 0.15) is 6.04 Å². The number of carbonyl (C=O) groups is 1. The lowest BCUT2D eigenvalue weighted by molar-refractivity contribution is -0.138. The number of aliphatic carboxylic acids is 1. The number of hydrogen-bond donors (Lipinski definition) is 2. The number of carboxylic acids is 1. The Morgan fingerprint density at radius 2 is 1.62 bits per heavy atom. The van der Waals surface area contributed by atoms with Crippen LogP contribution in [0.1, 0.15) is 73.6 Å². The Balaban J connectivity index is 0.00000784. The number of hydrogen-bond acceptors (Lipinski definition) is 4. The molecule has 1 aliphatic rings. The molecule has 1 rings (SSSR count). The third-order valence-electron chi connectivity index (χ3n) is 4.52. The Labute approximate surface area is 182 Å². The van der Waals surface area contributed by atoms with Crippen LogP contribution >= 0.6 is 11.8 Å². The molecule has 1 saturated carbocycles. The van der Waals surface area contributed by atoms with Crippen LogP contribution in [0.2, 0.25) is 0 Å². The van der Waals surface area contributed by atoms with Crippen LogP contribution in [0.5, 0.6) is 0 Å². The minimum Gasteiger partial charge on any atom is -0.480 e. The summed E-state index contributed by atoms with van der Waals surface area (Å²) in [6, 6.07) is -1.06. The number of allylic oxidation sites excluding steroid dienone is 5. The molecule has 29 heavy (non-hydrogen) atoms. The van der Waals surface area contributed by atoms with Gasteiger partial charge in [-0.05, 0) is 66.2 Å². The predicted octanol–water partition coefficient (Wildman–Crippen LogP) is 5.31. The van der Waals surface area contributed by atoms with Gasteiger partial charge in [0, 0.05) is 11.5 Å². The average molecular weight is 446 g/mol. The van der Waals surface area contributed by atoms with E-state index in [4.69, 9.17) is 0 Å². The molecule has 5 nitrogen and oxygen atoms in total. The van der Waals surface area contributed by atoms with Crippen molar-refractivity contribution in [3.63, 3.8) is 0 Å². The topological polar surface area (TPSA) is 83.5 Å². The van der Waals surface area contributed by atoms with Gasteiger partial charge >= 0.3 is 5.97 Å². The highest BCUT2D eigenvalue weighted by atomic mass is 32.2. The number of nitrogens with one attached hydrogen (secondary N) is 1. The SMILES string of the molecule is C.CC(C)=CCC/C(C)=C/CC/C(C)=C/CSC[C@H](NS(=O)(=O)C1CC1)C(=O)O. The van der Waals surface area contributed by atoms with Gasteiger partial charge < -0.3 is 5.11 Å². The van der Waals surface area contributed by atoms with E-state index in [-0.39, 0.29) is 13.2 Å². The van der Waals surface area contributed by atoms with Crippen molar-refractivity contribution in [1.82, 2.24) is 4.72 Å². The van der Waals surface area contributed by atoms with E-state index in [0.717, 1.165) is 25.7 Å². The van der Waals surface area contributed by atoms with E-state index in [1.165, 1.54) is 28.5 Å². The monoisotopic (exact) mass is 445 g/mol. The summed E-state index contributed by atoms with van der Waals surface area (Å²) in [7, 11) is -3.49. The lowest BCUT2D eigenvalue weighted by Gasteiger charge is -2.13. The van der Waals surface area contributed by atoms with E-state index in [9.17, 15) is 18.3 Å². The first-order chi connectivity index (χ1) is 13.1. The maximum absolute atomic E-state index is 11.9. The Morgan fingerprint density at radius 1 is 1.07 bits per heavy atom. The molecule has 0 aliphatic heterocycles. The van der Waals surface area contributed by atoms with Crippen molar-refractivity contribution in [3.8, 4) is 0 Å². The quantitative estimate of drug-likeness (QED) is 0.280. The highest BCUT2D eigenvalue weighted by Crippen LogP contribution is 2.27. The van der Waals surface area contributed by atoms with E-state index < -0.39 is 27.3 Å². The van der Waals surface area contributed by atoms with E-state index in [0.29, 0.717) is 18.6 Å². The van der Waals surface area contributed by atoms with Gasteiger partial charge in [0.15, 0.2) is 0 Å². The number of carboxylic acid groups (broad SMARTS) is 1. The van der Waals surface area contributed by atoms with Crippen molar-refractivity contribution in [2.24, 2.45) is 0 Å². The maximum atomic E-state index is 11.9. The molecule has 0 saturated heterocycles. The zero-order chi connectivity index (χ0) is 21.2. The van der Waals surface area contributed by atoms with Crippen molar-refractivity contribution >= 4 is 27.8 Å². The first-order valence-corrected chi connectivity index (χ1v) is 12.6. The van der Waals surface area contributed by atoms with Crippen LogP contribution in [0, 0.1) is 0 Å². The summed E-state index contributed by atoms with van der Waals surface area (Å²) in [6.07, 6.45) is 12.1. The van der Waals surface area contributed by atoms with Crippen LogP contribution in [0.25, 0.3) is 0 Å². The normalized spacial score (nSPS) is 16.1. The minimum atomic E-state index is -3.49. The van der Waals surface area contributed by atoms with Crippen LogP contribution in [-0.4, -0.2) is 42.3 Å². The Kier molecular flexibility index (Phi) is 13.5. The van der Waals surface area contributed by atoms with Crippen molar-refractivity contribution in [1.29, 1.82) is 0 Å². The van der Waals surface area contributed by atoms with Crippen LogP contribution in [0.15, 0.2) is 34.9 Å². The minimum absolute atomic E-state index is 0. The Bertz CT molecular complexity index is 700. The smallest absolute Gasteiger partial charge is 0.322 e. The summed E-state index contributed by atoms with van der Waals surface area (Å²) in [5, 5.41) is 8.84. The highest BCUT2D eigenvalue weighted by molar-refractivity contribution is 7.99. The van der Waals surface area contributed by atoms with Gasteiger partial charge in [0.05, 0.1) is 5.25 Å². The molecule has 7 heteroatoms. The van der Waals surface area contributed by atoms with Crippen LogP contribution in [0.3, 0.4) is 0 Å². The van der Waals surface area contributed by atoms with Gasteiger partial charge in [-0.1, -0.05) is 42.4 Å². The molecule has 0 radical (unpaired) electrons. The fourth-order valence-electron chi connectivity index (χ4n) is 2.55. The Hall–Kier alpha value is -1.05. The largest absolute Gasteiger partial charge is 0.480 e. The predicted molar refractivity (Wildman–Crippen MR) is 126 cm³/mol. The number of thioether (sulfide) groups is 1. The second kappa shape index (κ2) is 14.0. The fraction of sp³-hybridized carbons (Fsp3) is 0.682. The third kappa shape index (κ3) is 13.0. The summed E-state index contributed by atoms with van der Waals surface area (Å²) in [5.74, 6) is -0.204. The van der Waals surface area contributed by atoms with Crippen LogP contribution in [-0.2, 0) is 14.8 Å². The highest BCUT2D eigenvalue weighted by Gasteiger charge is 2.38. The molecule has 1 fully saturated rings. The molecule has 1 atom stereocenters. The summed E-state index contributed by atoms with van der Waals surface area (Å²) < 4.78 is 26.2. The lowest BCUT2D eigenvalue weighted by atomic mass is 10.1. The van der Waals surface area contributed by atoms with Crippen molar-refractivity contribution in [2.75, 3.05) is 11.5 Å². The summed E-state index contributed by atoms with van der Waals surface area (Å²) in [6.45, 7) is 8.48.